The zero-order chi connectivity index (χ0) is 15.1. The zero-order valence-electron chi connectivity index (χ0n) is 13.1. The van der Waals surface area contributed by atoms with Gasteiger partial charge in [0.05, 0.1) is 0 Å². The van der Waals surface area contributed by atoms with Crippen molar-refractivity contribution in [1.82, 2.24) is 4.90 Å². The lowest BCUT2D eigenvalue weighted by Gasteiger charge is -2.28. The number of hydrogen-bond acceptors (Lipinski definition) is 2. The number of hydrogen-bond donors (Lipinski definition) is 2. The van der Waals surface area contributed by atoms with E-state index in [1.54, 1.807) is 0 Å². The van der Waals surface area contributed by atoms with Crippen molar-refractivity contribution in [1.29, 1.82) is 0 Å². The van der Waals surface area contributed by atoms with Gasteiger partial charge in [0.25, 0.3) is 0 Å². The van der Waals surface area contributed by atoms with E-state index in [-0.39, 0.29) is 12.2 Å². The first-order chi connectivity index (χ1) is 10.2. The van der Waals surface area contributed by atoms with Crippen LogP contribution >= 0.6 is 0 Å². The van der Waals surface area contributed by atoms with Crippen LogP contribution in [0.5, 0.6) is 0 Å². The van der Waals surface area contributed by atoms with Crippen molar-refractivity contribution in [3.8, 4) is 0 Å². The van der Waals surface area contributed by atoms with Crippen molar-refractivity contribution in [2.24, 2.45) is 0 Å². The average Bonchev–Trinajstić information content (AvgIpc) is 2.48. The molecule has 1 aliphatic heterocycles. The van der Waals surface area contributed by atoms with Crippen molar-refractivity contribution in [2.75, 3.05) is 19.6 Å². The number of nitrogens with one attached hydrogen (secondary N) is 1. The van der Waals surface area contributed by atoms with E-state index < -0.39 is 0 Å². The van der Waals surface area contributed by atoms with E-state index in [4.69, 9.17) is 4.74 Å². The van der Waals surface area contributed by atoms with Gasteiger partial charge in [0.2, 0.25) is 5.69 Å². The van der Waals surface area contributed by atoms with Crippen LogP contribution in [0.1, 0.15) is 38.7 Å². The van der Waals surface area contributed by atoms with Crippen LogP contribution in [-0.2, 0) is 11.2 Å². The lowest BCUT2D eigenvalue weighted by Crippen LogP contribution is -2.68. The first-order valence-electron chi connectivity index (χ1n) is 7.99. The van der Waals surface area contributed by atoms with E-state index in [0.717, 1.165) is 37.3 Å². The van der Waals surface area contributed by atoms with Gasteiger partial charge in [0.15, 0.2) is 0 Å². The third-order valence-electron chi connectivity index (χ3n) is 3.92. The van der Waals surface area contributed by atoms with Crippen molar-refractivity contribution >= 4 is 11.8 Å². The Kier molecular flexibility index (Phi) is 6.05. The molecule has 21 heavy (non-hydrogen) atoms. The van der Waals surface area contributed by atoms with Gasteiger partial charge in [-0.2, -0.15) is 0 Å². The van der Waals surface area contributed by atoms with E-state index in [1.165, 1.54) is 19.3 Å². The third-order valence-corrected chi connectivity index (χ3v) is 3.92. The molecule has 2 rings (SSSR count). The quantitative estimate of drug-likeness (QED) is 0.642. The minimum Gasteiger partial charge on any atom is -0.430 e. The highest BCUT2D eigenvalue weighted by Crippen LogP contribution is 2.10. The highest BCUT2D eigenvalue weighted by Gasteiger charge is 2.18. The number of nitrogens with zero attached hydrogens (tertiary/aromatic N) is 1. The lowest BCUT2D eigenvalue weighted by atomic mass is 10.1. The second kappa shape index (κ2) is 8.03. The molecule has 0 unspecified atom stereocenters. The molecule has 116 valence electrons. The number of ether oxygens (including phenoxy) is 1. The Balaban J connectivity index is 1.90. The third kappa shape index (κ3) is 5.05. The van der Waals surface area contributed by atoms with Crippen LogP contribution in [0.4, 0.5) is 5.69 Å². The molecule has 1 aliphatic rings. The molecule has 1 aromatic carbocycles. The van der Waals surface area contributed by atoms with Crippen LogP contribution in [-0.4, -0.2) is 41.8 Å². The molecular weight excluding hydrogens is 264 g/mol. The van der Waals surface area contributed by atoms with Gasteiger partial charge in [0.1, 0.15) is 6.10 Å². The normalized spacial score (nSPS) is 18.5. The van der Waals surface area contributed by atoms with Crippen LogP contribution in [0, 0.1) is 0 Å². The summed E-state index contributed by atoms with van der Waals surface area (Å²) in [5.74, 6) is 0. The highest BCUT2D eigenvalue weighted by molar-refractivity contribution is 5.59. The maximum absolute atomic E-state index is 9.99. The summed E-state index contributed by atoms with van der Waals surface area (Å²) in [5.41, 5.74) is 2.07. The number of benzene rings is 1. The van der Waals surface area contributed by atoms with Gasteiger partial charge in [-0.15, -0.1) is 4.99 Å². The number of likely N-dealkylation sites (tertiary alicyclic amines) is 1. The maximum Gasteiger partial charge on any atom is 0.551 e. The molecule has 0 aromatic heterocycles. The molecule has 0 spiro atoms. The van der Waals surface area contributed by atoms with E-state index in [1.807, 2.05) is 31.2 Å². The van der Waals surface area contributed by atoms with Crippen LogP contribution < -0.4 is 4.99 Å². The molecule has 0 radical (unpaired) electrons. The summed E-state index contributed by atoms with van der Waals surface area (Å²) < 4.78 is 5.58. The fourth-order valence-electron chi connectivity index (χ4n) is 2.83. The molecule has 1 fully saturated rings. The fraction of sp³-hybridized carbons (Fsp3) is 0.588. The van der Waals surface area contributed by atoms with E-state index in [2.05, 4.69) is 16.8 Å². The van der Waals surface area contributed by atoms with E-state index >= 15 is 0 Å². The molecule has 4 nitrogen and oxygen atoms in total. The molecule has 0 amide bonds. The Morgan fingerprint density at radius 2 is 2.00 bits per heavy atom. The summed E-state index contributed by atoms with van der Waals surface area (Å²) in [6.07, 6.45) is 4.65. The number of aliphatic hydroxyl groups is 1. The van der Waals surface area contributed by atoms with Gasteiger partial charge in [-0.05, 0) is 39.3 Å². The topological polar surface area (TPSA) is 46.7 Å². The van der Waals surface area contributed by atoms with Gasteiger partial charge in [-0.25, -0.2) is 0 Å². The largest absolute Gasteiger partial charge is 0.551 e. The predicted molar refractivity (Wildman–Crippen MR) is 84.9 cm³/mol. The standard InChI is InChI=1S/C17H26N2O2/c1-3-15-9-5-6-10-16(15)18-17(20)21-14(2)13-19-11-7-4-8-12-19/h5-6,9-10,14H,3-4,7-8,11-13H2,1-2H3,(H,18,20)/p+1/t14-/m1/s1. The summed E-state index contributed by atoms with van der Waals surface area (Å²) in [4.78, 5) is 5.37. The molecule has 0 saturated carbocycles. The van der Waals surface area contributed by atoms with Gasteiger partial charge in [-0.1, -0.05) is 31.5 Å². The number of piperidine rings is 1. The zero-order valence-corrected chi connectivity index (χ0v) is 13.1. The monoisotopic (exact) mass is 291 g/mol. The molecule has 1 aromatic rings. The molecular formula is C17H27N2O2+. The first-order valence-corrected chi connectivity index (χ1v) is 7.99. The Bertz CT molecular complexity index is 468. The van der Waals surface area contributed by atoms with E-state index in [9.17, 15) is 5.11 Å². The second-order valence-electron chi connectivity index (χ2n) is 5.73. The fourth-order valence-corrected chi connectivity index (χ4v) is 2.83. The molecule has 1 heterocycles. The van der Waals surface area contributed by atoms with Crippen LogP contribution in [0.25, 0.3) is 0 Å². The number of rotatable bonds is 5. The maximum atomic E-state index is 9.99. The Labute approximate surface area is 127 Å². The molecule has 0 bridgehead atoms. The second-order valence-corrected chi connectivity index (χ2v) is 5.73. The number of aryl methyl sites for hydroxylation is 1. The summed E-state index contributed by atoms with van der Waals surface area (Å²) in [6, 6.07) is 7.95. The molecule has 4 heteroatoms. The number of aliphatic hydroxyl groups excluding tert-OH is 1. The number of para-hydroxylation sites is 1. The molecule has 0 aliphatic carbocycles. The molecule has 2 N–H and O–H groups in total. The van der Waals surface area contributed by atoms with E-state index in [0.29, 0.717) is 0 Å². The van der Waals surface area contributed by atoms with Crippen molar-refractivity contribution < 1.29 is 14.8 Å². The van der Waals surface area contributed by atoms with Crippen LogP contribution in [0.3, 0.4) is 0 Å². The van der Waals surface area contributed by atoms with Crippen LogP contribution in [0.15, 0.2) is 24.3 Å². The average molecular weight is 291 g/mol. The van der Waals surface area contributed by atoms with Crippen LogP contribution in [0.2, 0.25) is 0 Å². The minimum atomic E-state index is -0.111. The van der Waals surface area contributed by atoms with Crippen molar-refractivity contribution in [3.63, 3.8) is 0 Å². The molecule has 1 saturated heterocycles. The molecule has 1 atom stereocenters. The SMILES string of the molecule is CCc1ccccc1[NH+]=C(O)O[C@H](C)CN1CCCCC1. The Morgan fingerprint density at radius 1 is 1.29 bits per heavy atom. The summed E-state index contributed by atoms with van der Waals surface area (Å²) in [6.45, 7) is 7.23. The van der Waals surface area contributed by atoms with Gasteiger partial charge < -0.3 is 9.84 Å². The van der Waals surface area contributed by atoms with Gasteiger partial charge in [-0.3, -0.25) is 4.90 Å². The van der Waals surface area contributed by atoms with Crippen molar-refractivity contribution in [2.45, 2.75) is 45.6 Å². The minimum absolute atomic E-state index is 0.0237. The van der Waals surface area contributed by atoms with Crippen molar-refractivity contribution in [3.05, 3.63) is 29.8 Å². The Hall–Kier alpha value is -1.55. The first kappa shape index (κ1) is 15.8. The summed E-state index contributed by atoms with van der Waals surface area (Å²) in [5, 5.41) is 9.99. The Morgan fingerprint density at radius 3 is 2.71 bits per heavy atom. The summed E-state index contributed by atoms with van der Waals surface area (Å²) >= 11 is 0. The van der Waals surface area contributed by atoms with Gasteiger partial charge >= 0.3 is 6.08 Å². The van der Waals surface area contributed by atoms with Gasteiger partial charge in [0, 0.05) is 18.2 Å². The summed E-state index contributed by atoms with van der Waals surface area (Å²) in [7, 11) is 0. The lowest BCUT2D eigenvalue weighted by molar-refractivity contribution is -0.384. The smallest absolute Gasteiger partial charge is 0.430 e. The highest BCUT2D eigenvalue weighted by atomic mass is 16.6. The predicted octanol–water partition coefficient (Wildman–Crippen LogP) is 1.77.